The number of rotatable bonds is 4. The van der Waals surface area contributed by atoms with Crippen LogP contribution >= 0.6 is 27.5 Å². The fourth-order valence-electron chi connectivity index (χ4n) is 1.64. The second-order valence-corrected chi connectivity index (χ2v) is 5.49. The van der Waals surface area contributed by atoms with Crippen LogP contribution < -0.4 is 10.1 Å². The number of nitrogens with one attached hydrogen (secondary N) is 1. The molecular formula is C16H13BrClNO2. The van der Waals surface area contributed by atoms with Gasteiger partial charge in [0.15, 0.2) is 0 Å². The van der Waals surface area contributed by atoms with Crippen LogP contribution in [-0.2, 0) is 4.79 Å². The molecule has 2 rings (SSSR count). The third kappa shape index (κ3) is 4.62. The van der Waals surface area contributed by atoms with Crippen molar-refractivity contribution >= 4 is 45.2 Å². The van der Waals surface area contributed by atoms with Crippen molar-refractivity contribution < 1.29 is 9.53 Å². The van der Waals surface area contributed by atoms with Gasteiger partial charge in [0.2, 0.25) is 5.91 Å². The highest BCUT2D eigenvalue weighted by Crippen LogP contribution is 2.25. The predicted molar refractivity (Wildman–Crippen MR) is 89.8 cm³/mol. The number of carbonyl (C=O) groups excluding carboxylic acids is 1. The monoisotopic (exact) mass is 365 g/mol. The molecule has 2 aromatic carbocycles. The Balaban J connectivity index is 1.99. The van der Waals surface area contributed by atoms with Crippen molar-refractivity contribution in [1.29, 1.82) is 0 Å². The van der Waals surface area contributed by atoms with Crippen LogP contribution in [0.2, 0.25) is 5.02 Å². The zero-order valence-electron chi connectivity index (χ0n) is 11.3. The summed E-state index contributed by atoms with van der Waals surface area (Å²) in [5.41, 5.74) is 1.56. The molecule has 0 saturated heterocycles. The molecule has 0 saturated carbocycles. The Labute approximate surface area is 136 Å². The Bertz CT molecular complexity index is 668. The standard InChI is InChI=1S/C16H13BrClNO2/c1-21-13-6-2-11(3-7-13)4-9-16(20)19-12-5-8-14(17)15(18)10-12/h2-10H,1H3,(H,19,20)/b9-4+. The van der Waals surface area contributed by atoms with E-state index in [1.165, 1.54) is 6.08 Å². The van der Waals surface area contributed by atoms with Gasteiger partial charge in [0.25, 0.3) is 0 Å². The highest BCUT2D eigenvalue weighted by molar-refractivity contribution is 9.10. The molecule has 0 aliphatic rings. The summed E-state index contributed by atoms with van der Waals surface area (Å²) in [5.74, 6) is 0.560. The van der Waals surface area contributed by atoms with Gasteiger partial charge in [-0.05, 0) is 57.9 Å². The Morgan fingerprint density at radius 3 is 2.57 bits per heavy atom. The van der Waals surface area contributed by atoms with Crippen molar-refractivity contribution in [3.63, 3.8) is 0 Å². The average Bonchev–Trinajstić information content (AvgIpc) is 2.49. The summed E-state index contributed by atoms with van der Waals surface area (Å²) in [6.07, 6.45) is 3.20. The fraction of sp³-hybridized carbons (Fsp3) is 0.0625. The van der Waals surface area contributed by atoms with Gasteiger partial charge in [-0.3, -0.25) is 4.79 Å². The smallest absolute Gasteiger partial charge is 0.248 e. The van der Waals surface area contributed by atoms with Gasteiger partial charge in [-0.1, -0.05) is 23.7 Å². The predicted octanol–water partition coefficient (Wildman–Crippen LogP) is 4.76. The van der Waals surface area contributed by atoms with Crippen molar-refractivity contribution in [2.24, 2.45) is 0 Å². The molecule has 3 nitrogen and oxygen atoms in total. The van der Waals surface area contributed by atoms with E-state index in [1.54, 1.807) is 31.4 Å². The van der Waals surface area contributed by atoms with E-state index in [1.807, 2.05) is 24.3 Å². The van der Waals surface area contributed by atoms with Crippen molar-refractivity contribution in [3.05, 3.63) is 63.6 Å². The number of halogens is 2. The third-order valence-electron chi connectivity index (χ3n) is 2.73. The molecule has 2 aromatic rings. The van der Waals surface area contributed by atoms with Crippen LogP contribution in [-0.4, -0.2) is 13.0 Å². The highest BCUT2D eigenvalue weighted by Gasteiger charge is 2.01. The maximum atomic E-state index is 11.8. The van der Waals surface area contributed by atoms with Crippen LogP contribution in [0.3, 0.4) is 0 Å². The average molecular weight is 367 g/mol. The normalized spacial score (nSPS) is 10.6. The summed E-state index contributed by atoms with van der Waals surface area (Å²) in [4.78, 5) is 11.8. The molecule has 0 radical (unpaired) electrons. The van der Waals surface area contributed by atoms with E-state index in [9.17, 15) is 4.79 Å². The highest BCUT2D eigenvalue weighted by atomic mass is 79.9. The van der Waals surface area contributed by atoms with Crippen molar-refractivity contribution in [2.45, 2.75) is 0 Å². The Morgan fingerprint density at radius 2 is 1.95 bits per heavy atom. The van der Waals surface area contributed by atoms with Crippen molar-refractivity contribution in [2.75, 3.05) is 12.4 Å². The SMILES string of the molecule is COc1ccc(/C=C/C(=O)Nc2ccc(Br)c(Cl)c2)cc1. The third-order valence-corrected chi connectivity index (χ3v) is 3.96. The van der Waals surface area contributed by atoms with E-state index < -0.39 is 0 Å². The lowest BCUT2D eigenvalue weighted by atomic mass is 10.2. The molecule has 1 N–H and O–H groups in total. The minimum atomic E-state index is -0.218. The van der Waals surface area contributed by atoms with Crippen LogP contribution in [0.1, 0.15) is 5.56 Å². The Hall–Kier alpha value is -1.78. The Morgan fingerprint density at radius 1 is 1.24 bits per heavy atom. The minimum absolute atomic E-state index is 0.218. The summed E-state index contributed by atoms with van der Waals surface area (Å²) in [6, 6.07) is 12.7. The van der Waals surface area contributed by atoms with Gasteiger partial charge < -0.3 is 10.1 Å². The molecule has 1 amide bonds. The molecular weight excluding hydrogens is 354 g/mol. The lowest BCUT2D eigenvalue weighted by Gasteiger charge is -2.04. The summed E-state index contributed by atoms with van der Waals surface area (Å²) in [6.45, 7) is 0. The van der Waals surface area contributed by atoms with Crippen LogP contribution in [0.4, 0.5) is 5.69 Å². The number of hydrogen-bond acceptors (Lipinski definition) is 2. The molecule has 0 bridgehead atoms. The summed E-state index contributed by atoms with van der Waals surface area (Å²) in [5, 5.41) is 3.30. The molecule has 21 heavy (non-hydrogen) atoms. The summed E-state index contributed by atoms with van der Waals surface area (Å²) in [7, 11) is 1.61. The van der Waals surface area contributed by atoms with E-state index in [2.05, 4.69) is 21.2 Å². The van der Waals surface area contributed by atoms with Crippen LogP contribution in [0.5, 0.6) is 5.75 Å². The quantitative estimate of drug-likeness (QED) is 0.792. The molecule has 108 valence electrons. The first-order valence-corrected chi connectivity index (χ1v) is 7.34. The molecule has 0 aliphatic carbocycles. The zero-order chi connectivity index (χ0) is 15.2. The number of carbonyl (C=O) groups is 1. The number of benzene rings is 2. The van der Waals surface area contributed by atoms with E-state index in [4.69, 9.17) is 16.3 Å². The van der Waals surface area contributed by atoms with Gasteiger partial charge in [0, 0.05) is 16.2 Å². The maximum Gasteiger partial charge on any atom is 0.248 e. The van der Waals surface area contributed by atoms with Gasteiger partial charge in [-0.2, -0.15) is 0 Å². The topological polar surface area (TPSA) is 38.3 Å². The summed E-state index contributed by atoms with van der Waals surface area (Å²) >= 11 is 9.27. The second-order valence-electron chi connectivity index (χ2n) is 4.22. The van der Waals surface area contributed by atoms with E-state index >= 15 is 0 Å². The number of anilines is 1. The first-order chi connectivity index (χ1) is 10.1. The van der Waals surface area contributed by atoms with E-state index in [0.717, 1.165) is 15.8 Å². The van der Waals surface area contributed by atoms with Crippen LogP contribution in [0.25, 0.3) is 6.08 Å². The lowest BCUT2D eigenvalue weighted by molar-refractivity contribution is -0.111. The maximum absolute atomic E-state index is 11.8. The second kappa shape index (κ2) is 7.29. The van der Waals surface area contributed by atoms with Gasteiger partial charge in [-0.15, -0.1) is 0 Å². The van der Waals surface area contributed by atoms with Crippen LogP contribution in [0, 0.1) is 0 Å². The first kappa shape index (κ1) is 15.6. The van der Waals surface area contributed by atoms with E-state index in [0.29, 0.717) is 10.7 Å². The number of methoxy groups -OCH3 is 1. The lowest BCUT2D eigenvalue weighted by Crippen LogP contribution is -2.07. The first-order valence-electron chi connectivity index (χ1n) is 6.16. The molecule has 0 aliphatic heterocycles. The minimum Gasteiger partial charge on any atom is -0.497 e. The molecule has 0 fully saturated rings. The van der Waals surface area contributed by atoms with Crippen molar-refractivity contribution in [1.82, 2.24) is 0 Å². The fourth-order valence-corrected chi connectivity index (χ4v) is 2.07. The molecule has 0 spiro atoms. The van der Waals surface area contributed by atoms with Gasteiger partial charge >= 0.3 is 0 Å². The number of amides is 1. The molecule has 0 heterocycles. The number of hydrogen-bond donors (Lipinski definition) is 1. The van der Waals surface area contributed by atoms with Crippen LogP contribution in [0.15, 0.2) is 53.0 Å². The van der Waals surface area contributed by atoms with Gasteiger partial charge in [0.05, 0.1) is 12.1 Å². The van der Waals surface area contributed by atoms with Crippen molar-refractivity contribution in [3.8, 4) is 5.75 Å². The van der Waals surface area contributed by atoms with Gasteiger partial charge in [0.1, 0.15) is 5.75 Å². The molecule has 0 atom stereocenters. The molecule has 5 heteroatoms. The molecule has 0 unspecified atom stereocenters. The van der Waals surface area contributed by atoms with E-state index in [-0.39, 0.29) is 5.91 Å². The number of ether oxygens (including phenoxy) is 1. The zero-order valence-corrected chi connectivity index (χ0v) is 13.6. The summed E-state index contributed by atoms with van der Waals surface area (Å²) < 4.78 is 5.86. The van der Waals surface area contributed by atoms with Gasteiger partial charge in [-0.25, -0.2) is 0 Å². The largest absolute Gasteiger partial charge is 0.497 e. The Kier molecular flexibility index (Phi) is 5.42. The molecule has 0 aromatic heterocycles.